The molecule has 0 bridgehead atoms. The van der Waals surface area contributed by atoms with Gasteiger partial charge >= 0.3 is 0 Å². The number of halogens is 1. The van der Waals surface area contributed by atoms with Crippen molar-refractivity contribution in [3.05, 3.63) is 71.5 Å². The minimum atomic E-state index is -0.479. The van der Waals surface area contributed by atoms with Crippen LogP contribution in [0.15, 0.2) is 54.6 Å². The summed E-state index contributed by atoms with van der Waals surface area (Å²) >= 11 is 0. The number of nitrogens with one attached hydrogen (secondary N) is 1. The maximum Gasteiger partial charge on any atom is 0.251 e. The molecule has 0 heterocycles. The van der Waals surface area contributed by atoms with E-state index in [2.05, 4.69) is 5.32 Å². The van der Waals surface area contributed by atoms with Crippen molar-refractivity contribution in [3.8, 4) is 0 Å². The van der Waals surface area contributed by atoms with Crippen molar-refractivity contribution in [2.45, 2.75) is 19.4 Å². The van der Waals surface area contributed by atoms with Crippen LogP contribution in [0.3, 0.4) is 0 Å². The summed E-state index contributed by atoms with van der Waals surface area (Å²) in [5.74, 6) is -0.562. The Morgan fingerprint density at radius 2 is 1.58 bits per heavy atom. The molecule has 0 aliphatic carbocycles. The van der Waals surface area contributed by atoms with Crippen LogP contribution in [-0.4, -0.2) is 5.91 Å². The molecule has 19 heavy (non-hydrogen) atoms. The molecule has 0 saturated carbocycles. The van der Waals surface area contributed by atoms with Gasteiger partial charge < -0.3 is 5.32 Å². The Hall–Kier alpha value is -2.16. The topological polar surface area (TPSA) is 29.1 Å². The molecule has 0 aromatic heterocycles. The Morgan fingerprint density at radius 1 is 1.00 bits per heavy atom. The summed E-state index contributed by atoms with van der Waals surface area (Å²) < 4.78 is 12.8. The lowest BCUT2D eigenvalue weighted by Gasteiger charge is -2.27. The van der Waals surface area contributed by atoms with Crippen LogP contribution in [0.1, 0.15) is 29.8 Å². The molecule has 1 amide bonds. The van der Waals surface area contributed by atoms with E-state index in [1.165, 1.54) is 24.3 Å². The highest BCUT2D eigenvalue weighted by Crippen LogP contribution is 2.20. The van der Waals surface area contributed by atoms with E-state index >= 15 is 0 Å². The Morgan fingerprint density at radius 3 is 2.16 bits per heavy atom. The molecule has 1 N–H and O–H groups in total. The zero-order valence-corrected chi connectivity index (χ0v) is 11.0. The van der Waals surface area contributed by atoms with Gasteiger partial charge in [0.2, 0.25) is 0 Å². The predicted octanol–water partition coefficient (Wildman–Crippen LogP) is 3.49. The van der Waals surface area contributed by atoms with Gasteiger partial charge in [-0.15, -0.1) is 0 Å². The third-order valence-electron chi connectivity index (χ3n) is 3.03. The van der Waals surface area contributed by atoms with E-state index < -0.39 is 5.54 Å². The zero-order valence-electron chi connectivity index (χ0n) is 11.0. The number of rotatable bonds is 3. The van der Waals surface area contributed by atoms with E-state index in [1.807, 2.05) is 44.2 Å². The molecular formula is C16H16FNO. The zero-order chi connectivity index (χ0) is 13.9. The van der Waals surface area contributed by atoms with Gasteiger partial charge in [-0.1, -0.05) is 30.3 Å². The average molecular weight is 257 g/mol. The minimum absolute atomic E-state index is 0.214. The SMILES string of the molecule is CC(C)(NC(=O)c1ccc(F)cc1)c1ccccc1. The quantitative estimate of drug-likeness (QED) is 0.896. The van der Waals surface area contributed by atoms with E-state index in [1.54, 1.807) is 0 Å². The highest BCUT2D eigenvalue weighted by Gasteiger charge is 2.23. The van der Waals surface area contributed by atoms with E-state index in [9.17, 15) is 9.18 Å². The van der Waals surface area contributed by atoms with Gasteiger partial charge in [0.25, 0.3) is 5.91 Å². The number of carbonyl (C=O) groups is 1. The van der Waals surface area contributed by atoms with Crippen LogP contribution in [0.2, 0.25) is 0 Å². The lowest BCUT2D eigenvalue weighted by atomic mass is 9.94. The van der Waals surface area contributed by atoms with Crippen molar-refractivity contribution < 1.29 is 9.18 Å². The van der Waals surface area contributed by atoms with Crippen LogP contribution in [0.5, 0.6) is 0 Å². The molecule has 0 aliphatic rings. The first-order chi connectivity index (χ1) is 8.99. The van der Waals surface area contributed by atoms with Crippen LogP contribution in [0.25, 0.3) is 0 Å². The van der Waals surface area contributed by atoms with Crippen LogP contribution >= 0.6 is 0 Å². The predicted molar refractivity (Wildman–Crippen MR) is 73.3 cm³/mol. The van der Waals surface area contributed by atoms with Gasteiger partial charge in [0, 0.05) is 5.56 Å². The maximum atomic E-state index is 12.8. The summed E-state index contributed by atoms with van der Waals surface area (Å²) in [5, 5.41) is 2.95. The van der Waals surface area contributed by atoms with Crippen molar-refractivity contribution in [2.24, 2.45) is 0 Å². The Labute approximate surface area is 112 Å². The molecule has 0 saturated heterocycles. The number of hydrogen-bond donors (Lipinski definition) is 1. The van der Waals surface area contributed by atoms with Crippen LogP contribution < -0.4 is 5.32 Å². The van der Waals surface area contributed by atoms with Gasteiger partial charge in [0.05, 0.1) is 5.54 Å². The number of carbonyl (C=O) groups excluding carboxylic acids is 1. The highest BCUT2D eigenvalue weighted by atomic mass is 19.1. The first-order valence-corrected chi connectivity index (χ1v) is 6.13. The van der Waals surface area contributed by atoms with E-state index in [4.69, 9.17) is 0 Å². The lowest BCUT2D eigenvalue weighted by Crippen LogP contribution is -2.40. The van der Waals surface area contributed by atoms with Gasteiger partial charge in [-0.2, -0.15) is 0 Å². The molecular weight excluding hydrogens is 241 g/mol. The van der Waals surface area contributed by atoms with E-state index in [0.29, 0.717) is 5.56 Å². The maximum absolute atomic E-state index is 12.8. The van der Waals surface area contributed by atoms with Gasteiger partial charge in [0.1, 0.15) is 5.82 Å². The van der Waals surface area contributed by atoms with Gasteiger partial charge in [-0.25, -0.2) is 4.39 Å². The molecule has 98 valence electrons. The van der Waals surface area contributed by atoms with Crippen molar-refractivity contribution in [1.82, 2.24) is 5.32 Å². The normalized spacial score (nSPS) is 11.1. The highest BCUT2D eigenvalue weighted by molar-refractivity contribution is 5.94. The van der Waals surface area contributed by atoms with E-state index in [0.717, 1.165) is 5.56 Å². The molecule has 0 atom stereocenters. The van der Waals surface area contributed by atoms with E-state index in [-0.39, 0.29) is 11.7 Å². The van der Waals surface area contributed by atoms with Crippen molar-refractivity contribution in [2.75, 3.05) is 0 Å². The molecule has 2 nitrogen and oxygen atoms in total. The largest absolute Gasteiger partial charge is 0.343 e. The summed E-state index contributed by atoms with van der Waals surface area (Å²) in [6.45, 7) is 3.87. The van der Waals surface area contributed by atoms with Crippen LogP contribution in [0, 0.1) is 5.82 Å². The minimum Gasteiger partial charge on any atom is -0.343 e. The fourth-order valence-electron chi connectivity index (χ4n) is 1.88. The summed E-state index contributed by atoms with van der Waals surface area (Å²) in [5.41, 5.74) is 0.989. The lowest BCUT2D eigenvalue weighted by molar-refractivity contribution is 0.0912. The summed E-state index contributed by atoms with van der Waals surface area (Å²) in [6, 6.07) is 15.2. The standard InChI is InChI=1S/C16H16FNO/c1-16(2,13-6-4-3-5-7-13)18-15(19)12-8-10-14(17)11-9-12/h3-11H,1-2H3,(H,18,19). The first-order valence-electron chi connectivity index (χ1n) is 6.13. The molecule has 2 rings (SSSR count). The molecule has 0 radical (unpaired) electrons. The molecule has 2 aromatic carbocycles. The average Bonchev–Trinajstić information content (AvgIpc) is 2.40. The molecule has 3 heteroatoms. The van der Waals surface area contributed by atoms with Crippen LogP contribution in [0.4, 0.5) is 4.39 Å². The van der Waals surface area contributed by atoms with Crippen LogP contribution in [-0.2, 0) is 5.54 Å². The Balaban J connectivity index is 2.16. The van der Waals surface area contributed by atoms with Crippen molar-refractivity contribution in [1.29, 1.82) is 0 Å². The molecule has 0 fully saturated rings. The summed E-state index contributed by atoms with van der Waals surface area (Å²) in [7, 11) is 0. The monoisotopic (exact) mass is 257 g/mol. The molecule has 0 unspecified atom stereocenters. The molecule has 2 aromatic rings. The number of amides is 1. The molecule has 0 aliphatic heterocycles. The number of benzene rings is 2. The third kappa shape index (κ3) is 3.19. The van der Waals surface area contributed by atoms with Crippen molar-refractivity contribution in [3.63, 3.8) is 0 Å². The smallest absolute Gasteiger partial charge is 0.251 e. The first kappa shape index (κ1) is 13.3. The molecule has 0 spiro atoms. The second-order valence-electron chi connectivity index (χ2n) is 4.95. The van der Waals surface area contributed by atoms with Gasteiger partial charge in [-0.05, 0) is 43.7 Å². The summed E-state index contributed by atoms with van der Waals surface area (Å²) in [6.07, 6.45) is 0. The second kappa shape index (κ2) is 5.22. The van der Waals surface area contributed by atoms with Crippen molar-refractivity contribution >= 4 is 5.91 Å². The third-order valence-corrected chi connectivity index (χ3v) is 3.03. The fourth-order valence-corrected chi connectivity index (χ4v) is 1.88. The second-order valence-corrected chi connectivity index (χ2v) is 4.95. The Kier molecular flexibility index (Phi) is 3.65. The summed E-state index contributed by atoms with van der Waals surface area (Å²) in [4.78, 5) is 12.1. The Bertz CT molecular complexity index is 561. The fraction of sp³-hybridized carbons (Fsp3) is 0.188. The van der Waals surface area contributed by atoms with Gasteiger partial charge in [0.15, 0.2) is 0 Å². The number of hydrogen-bond acceptors (Lipinski definition) is 1. The van der Waals surface area contributed by atoms with Gasteiger partial charge in [-0.3, -0.25) is 4.79 Å².